The molecule has 31 heavy (non-hydrogen) atoms. The van der Waals surface area contributed by atoms with E-state index in [1.807, 2.05) is 23.1 Å². The van der Waals surface area contributed by atoms with E-state index in [4.69, 9.17) is 4.98 Å². The van der Waals surface area contributed by atoms with E-state index in [1.54, 1.807) is 23.1 Å². The molecule has 0 bridgehead atoms. The van der Waals surface area contributed by atoms with Gasteiger partial charge in [-0.05, 0) is 49.6 Å². The van der Waals surface area contributed by atoms with Crippen molar-refractivity contribution in [1.82, 2.24) is 4.98 Å². The molecule has 0 saturated carbocycles. The SMILES string of the molecule is Cc1ccc(SCCC(=O)N(Cc2ccccc2)c2nc3c(C)ccc(C)c3s2)cc1. The Kier molecular flexibility index (Phi) is 6.73. The van der Waals surface area contributed by atoms with Crippen molar-refractivity contribution in [2.24, 2.45) is 0 Å². The zero-order valence-electron chi connectivity index (χ0n) is 18.1. The van der Waals surface area contributed by atoms with Crippen LogP contribution in [-0.4, -0.2) is 16.6 Å². The second-order valence-electron chi connectivity index (χ2n) is 7.75. The van der Waals surface area contributed by atoms with Gasteiger partial charge in [-0.25, -0.2) is 4.98 Å². The summed E-state index contributed by atoms with van der Waals surface area (Å²) in [5.41, 5.74) is 5.70. The first kappa shape index (κ1) is 21.6. The zero-order chi connectivity index (χ0) is 21.8. The molecule has 5 heteroatoms. The number of anilines is 1. The first-order chi connectivity index (χ1) is 15.0. The van der Waals surface area contributed by atoms with Gasteiger partial charge < -0.3 is 0 Å². The van der Waals surface area contributed by atoms with Gasteiger partial charge in [0.2, 0.25) is 5.91 Å². The lowest BCUT2D eigenvalue weighted by atomic mass is 10.1. The number of aromatic nitrogens is 1. The first-order valence-corrected chi connectivity index (χ1v) is 12.2. The van der Waals surface area contributed by atoms with Gasteiger partial charge in [0.05, 0.1) is 16.8 Å². The second kappa shape index (κ2) is 9.67. The maximum absolute atomic E-state index is 13.3. The average Bonchev–Trinajstić information content (AvgIpc) is 3.23. The summed E-state index contributed by atoms with van der Waals surface area (Å²) >= 11 is 3.33. The Labute approximate surface area is 192 Å². The normalized spacial score (nSPS) is 11.1. The summed E-state index contributed by atoms with van der Waals surface area (Å²) < 4.78 is 1.16. The molecule has 0 atom stereocenters. The number of fused-ring (bicyclic) bond motifs is 1. The fraction of sp³-hybridized carbons (Fsp3) is 0.231. The number of benzene rings is 3. The highest BCUT2D eigenvalue weighted by Crippen LogP contribution is 2.34. The van der Waals surface area contributed by atoms with Gasteiger partial charge in [-0.15, -0.1) is 11.8 Å². The van der Waals surface area contributed by atoms with Gasteiger partial charge >= 0.3 is 0 Å². The van der Waals surface area contributed by atoms with E-state index >= 15 is 0 Å². The van der Waals surface area contributed by atoms with Crippen molar-refractivity contribution in [2.45, 2.75) is 38.6 Å². The highest BCUT2D eigenvalue weighted by atomic mass is 32.2. The number of carbonyl (C=O) groups is 1. The molecule has 0 radical (unpaired) electrons. The van der Waals surface area contributed by atoms with Crippen LogP contribution in [0.4, 0.5) is 5.13 Å². The minimum Gasteiger partial charge on any atom is -0.284 e. The average molecular weight is 447 g/mol. The van der Waals surface area contributed by atoms with Gasteiger partial charge in [-0.3, -0.25) is 9.69 Å². The Morgan fingerprint density at radius 2 is 1.65 bits per heavy atom. The third-order valence-corrected chi connectivity index (χ3v) is 7.48. The van der Waals surface area contributed by atoms with Crippen LogP contribution in [0.1, 0.15) is 28.7 Å². The maximum atomic E-state index is 13.3. The summed E-state index contributed by atoms with van der Waals surface area (Å²) in [5, 5.41) is 0.779. The van der Waals surface area contributed by atoms with E-state index in [0.29, 0.717) is 13.0 Å². The molecule has 4 aromatic rings. The number of nitrogens with zero attached hydrogens (tertiary/aromatic N) is 2. The predicted molar refractivity (Wildman–Crippen MR) is 133 cm³/mol. The van der Waals surface area contributed by atoms with Gasteiger partial charge in [0, 0.05) is 17.1 Å². The van der Waals surface area contributed by atoms with Gasteiger partial charge in [0.25, 0.3) is 0 Å². The molecule has 158 valence electrons. The van der Waals surface area contributed by atoms with Crippen molar-refractivity contribution < 1.29 is 4.79 Å². The topological polar surface area (TPSA) is 33.2 Å². The van der Waals surface area contributed by atoms with E-state index < -0.39 is 0 Å². The van der Waals surface area contributed by atoms with Crippen molar-refractivity contribution in [3.8, 4) is 0 Å². The van der Waals surface area contributed by atoms with Crippen molar-refractivity contribution in [3.63, 3.8) is 0 Å². The van der Waals surface area contributed by atoms with E-state index in [2.05, 4.69) is 69.3 Å². The second-order valence-corrected chi connectivity index (χ2v) is 9.90. The van der Waals surface area contributed by atoms with Crippen molar-refractivity contribution in [2.75, 3.05) is 10.7 Å². The summed E-state index contributed by atoms with van der Waals surface area (Å²) in [6.45, 7) is 6.80. The predicted octanol–water partition coefficient (Wildman–Crippen LogP) is 6.94. The number of aryl methyl sites for hydroxylation is 3. The van der Waals surface area contributed by atoms with E-state index in [1.165, 1.54) is 16.0 Å². The third-order valence-electron chi connectivity index (χ3n) is 5.25. The minimum absolute atomic E-state index is 0.109. The molecule has 1 heterocycles. The molecule has 0 aliphatic carbocycles. The molecule has 1 amide bonds. The van der Waals surface area contributed by atoms with Crippen LogP contribution < -0.4 is 4.90 Å². The molecule has 0 fully saturated rings. The van der Waals surface area contributed by atoms with Crippen LogP contribution in [0.15, 0.2) is 71.6 Å². The van der Waals surface area contributed by atoms with Gasteiger partial charge in [0.1, 0.15) is 0 Å². The lowest BCUT2D eigenvalue weighted by molar-refractivity contribution is -0.118. The van der Waals surface area contributed by atoms with Crippen molar-refractivity contribution in [1.29, 1.82) is 0 Å². The number of hydrogen-bond acceptors (Lipinski definition) is 4. The van der Waals surface area contributed by atoms with Crippen LogP contribution in [0.5, 0.6) is 0 Å². The molecule has 0 aliphatic heterocycles. The number of thiazole rings is 1. The first-order valence-electron chi connectivity index (χ1n) is 10.4. The fourth-order valence-corrected chi connectivity index (χ4v) is 5.39. The smallest absolute Gasteiger partial charge is 0.229 e. The lowest BCUT2D eigenvalue weighted by Gasteiger charge is -2.20. The number of rotatable bonds is 7. The number of amides is 1. The number of thioether (sulfide) groups is 1. The van der Waals surface area contributed by atoms with Gasteiger partial charge in [-0.2, -0.15) is 0 Å². The summed E-state index contributed by atoms with van der Waals surface area (Å²) in [7, 11) is 0. The molecule has 0 N–H and O–H groups in total. The summed E-state index contributed by atoms with van der Waals surface area (Å²) in [6.07, 6.45) is 0.471. The molecular weight excluding hydrogens is 420 g/mol. The fourth-order valence-electron chi connectivity index (χ4n) is 3.42. The van der Waals surface area contributed by atoms with E-state index in [9.17, 15) is 4.79 Å². The standard InChI is InChI=1S/C26H26N2OS2/c1-18-9-13-22(14-10-18)30-16-15-23(29)28(17-21-7-5-4-6-8-21)26-27-24-19(2)11-12-20(3)25(24)31-26/h4-14H,15-17H2,1-3H3. The molecular formula is C26H26N2OS2. The third kappa shape index (κ3) is 5.17. The van der Waals surface area contributed by atoms with Crippen LogP contribution in [0.3, 0.4) is 0 Å². The zero-order valence-corrected chi connectivity index (χ0v) is 19.7. The Bertz CT molecular complexity index is 1140. The maximum Gasteiger partial charge on any atom is 0.229 e. The molecule has 4 rings (SSSR count). The molecule has 0 unspecified atom stereocenters. The summed E-state index contributed by atoms with van der Waals surface area (Å²) in [5.74, 6) is 0.855. The van der Waals surface area contributed by atoms with Crippen LogP contribution in [-0.2, 0) is 11.3 Å². The highest BCUT2D eigenvalue weighted by Gasteiger charge is 2.21. The Morgan fingerprint density at radius 1 is 0.935 bits per heavy atom. The molecule has 3 aromatic carbocycles. The number of carbonyl (C=O) groups excluding carboxylic acids is 1. The summed E-state index contributed by atoms with van der Waals surface area (Å²) in [6, 6.07) is 22.8. The largest absolute Gasteiger partial charge is 0.284 e. The quantitative estimate of drug-likeness (QED) is 0.288. The molecule has 0 aliphatic rings. The molecule has 3 nitrogen and oxygen atoms in total. The number of hydrogen-bond donors (Lipinski definition) is 0. The van der Waals surface area contributed by atoms with Crippen LogP contribution >= 0.6 is 23.1 Å². The highest BCUT2D eigenvalue weighted by molar-refractivity contribution is 7.99. The monoisotopic (exact) mass is 446 g/mol. The lowest BCUT2D eigenvalue weighted by Crippen LogP contribution is -2.30. The van der Waals surface area contributed by atoms with Gasteiger partial charge in [-0.1, -0.05) is 71.5 Å². The Balaban J connectivity index is 1.56. The molecule has 0 saturated heterocycles. The van der Waals surface area contributed by atoms with Crippen LogP contribution in [0.2, 0.25) is 0 Å². The summed E-state index contributed by atoms with van der Waals surface area (Å²) in [4.78, 5) is 21.3. The molecule has 1 aromatic heterocycles. The van der Waals surface area contributed by atoms with Crippen LogP contribution in [0.25, 0.3) is 10.2 Å². The van der Waals surface area contributed by atoms with Crippen molar-refractivity contribution in [3.05, 3.63) is 89.0 Å². The van der Waals surface area contributed by atoms with E-state index in [0.717, 1.165) is 32.2 Å². The van der Waals surface area contributed by atoms with E-state index in [-0.39, 0.29) is 5.91 Å². The Hall–Kier alpha value is -2.63. The minimum atomic E-state index is 0.109. The molecule has 0 spiro atoms. The van der Waals surface area contributed by atoms with Crippen molar-refractivity contribution >= 4 is 44.4 Å². The van der Waals surface area contributed by atoms with Crippen LogP contribution in [0, 0.1) is 20.8 Å². The Morgan fingerprint density at radius 3 is 2.35 bits per heavy atom. The van der Waals surface area contributed by atoms with Gasteiger partial charge in [0.15, 0.2) is 5.13 Å².